The molecule has 5 nitrogen and oxygen atoms in total. The van der Waals surface area contributed by atoms with Crippen molar-refractivity contribution in [2.24, 2.45) is 5.84 Å². The van der Waals surface area contributed by atoms with Gasteiger partial charge in [0.25, 0.3) is 5.91 Å². The second kappa shape index (κ2) is 5.78. The van der Waals surface area contributed by atoms with Crippen molar-refractivity contribution in [3.63, 3.8) is 0 Å². The highest BCUT2D eigenvalue weighted by Gasteiger charge is 2.29. The van der Waals surface area contributed by atoms with E-state index in [1.165, 1.54) is 19.2 Å². The van der Waals surface area contributed by atoms with Crippen LogP contribution in [0.4, 0.5) is 13.2 Å². The highest BCUT2D eigenvalue weighted by Crippen LogP contribution is 2.16. The van der Waals surface area contributed by atoms with Gasteiger partial charge in [0.05, 0.1) is 12.2 Å². The first kappa shape index (κ1) is 14.4. The molecule has 0 aliphatic heterocycles. The molecule has 0 aromatic carbocycles. The van der Waals surface area contributed by atoms with Crippen LogP contribution in [0.5, 0.6) is 0 Å². The van der Waals surface area contributed by atoms with E-state index < -0.39 is 18.6 Å². The summed E-state index contributed by atoms with van der Waals surface area (Å²) in [4.78, 5) is 16.2. The number of amides is 1. The molecule has 8 heteroatoms. The molecule has 0 bridgehead atoms. The van der Waals surface area contributed by atoms with Crippen LogP contribution >= 0.6 is 0 Å². The third-order valence-electron chi connectivity index (χ3n) is 2.05. The zero-order chi connectivity index (χ0) is 13.8. The van der Waals surface area contributed by atoms with Gasteiger partial charge in [0.1, 0.15) is 5.69 Å². The molecular formula is C10H13F3N4O. The van der Waals surface area contributed by atoms with Gasteiger partial charge in [0.2, 0.25) is 0 Å². The van der Waals surface area contributed by atoms with Gasteiger partial charge in [0, 0.05) is 6.54 Å². The Morgan fingerprint density at radius 3 is 2.72 bits per heavy atom. The molecule has 1 rings (SSSR count). The van der Waals surface area contributed by atoms with Crippen molar-refractivity contribution in [1.29, 1.82) is 0 Å². The highest BCUT2D eigenvalue weighted by molar-refractivity contribution is 5.91. The number of alkyl halides is 3. The number of rotatable bonds is 4. The molecule has 1 amide bonds. The lowest BCUT2D eigenvalue weighted by Gasteiger charge is -2.18. The fourth-order valence-corrected chi connectivity index (χ4v) is 1.41. The first-order chi connectivity index (χ1) is 8.31. The van der Waals surface area contributed by atoms with Gasteiger partial charge in [-0.1, -0.05) is 6.07 Å². The lowest BCUT2D eigenvalue weighted by atomic mass is 10.3. The summed E-state index contributed by atoms with van der Waals surface area (Å²) in [5, 5.41) is 0. The predicted molar refractivity (Wildman–Crippen MR) is 58.3 cm³/mol. The number of carbonyl (C=O) groups excluding carboxylic acids is 1. The molecule has 1 aromatic heterocycles. The zero-order valence-electron chi connectivity index (χ0n) is 9.66. The number of nitrogens with one attached hydrogen (secondary N) is 1. The number of carbonyl (C=O) groups is 1. The Bertz CT molecular complexity index is 422. The minimum Gasteiger partial charge on any atom is -0.292 e. The maximum atomic E-state index is 12.1. The van der Waals surface area contributed by atoms with E-state index in [9.17, 15) is 18.0 Å². The van der Waals surface area contributed by atoms with Crippen LogP contribution in [0.1, 0.15) is 16.2 Å². The van der Waals surface area contributed by atoms with Gasteiger partial charge in [-0.3, -0.25) is 15.1 Å². The van der Waals surface area contributed by atoms with Crippen molar-refractivity contribution in [2.45, 2.75) is 12.7 Å². The normalized spacial score (nSPS) is 11.7. The molecule has 0 fully saturated rings. The largest absolute Gasteiger partial charge is 0.401 e. The van der Waals surface area contributed by atoms with Gasteiger partial charge < -0.3 is 0 Å². The molecule has 0 atom stereocenters. The van der Waals surface area contributed by atoms with Crippen LogP contribution < -0.4 is 11.3 Å². The molecule has 100 valence electrons. The first-order valence-electron chi connectivity index (χ1n) is 5.04. The summed E-state index contributed by atoms with van der Waals surface area (Å²) in [5.74, 6) is 4.35. The Morgan fingerprint density at radius 2 is 2.17 bits per heavy atom. The third-order valence-corrected chi connectivity index (χ3v) is 2.05. The zero-order valence-corrected chi connectivity index (χ0v) is 9.66. The van der Waals surface area contributed by atoms with E-state index in [1.54, 1.807) is 6.07 Å². The van der Waals surface area contributed by atoms with Gasteiger partial charge in [-0.25, -0.2) is 10.8 Å². The molecule has 18 heavy (non-hydrogen) atoms. The average Bonchev–Trinajstić information content (AvgIpc) is 2.25. The second-order valence-electron chi connectivity index (χ2n) is 3.78. The Hall–Kier alpha value is -1.67. The number of pyridine rings is 1. The molecule has 0 saturated heterocycles. The number of aromatic nitrogens is 1. The molecule has 1 heterocycles. The summed E-state index contributed by atoms with van der Waals surface area (Å²) in [6.07, 6.45) is -4.26. The summed E-state index contributed by atoms with van der Waals surface area (Å²) < 4.78 is 36.4. The fourth-order valence-electron chi connectivity index (χ4n) is 1.41. The van der Waals surface area contributed by atoms with Crippen LogP contribution in [0.25, 0.3) is 0 Å². The minimum atomic E-state index is -4.26. The Labute approximate surface area is 102 Å². The van der Waals surface area contributed by atoms with Crippen LogP contribution in [0.2, 0.25) is 0 Å². The quantitative estimate of drug-likeness (QED) is 0.475. The van der Waals surface area contributed by atoms with Gasteiger partial charge in [-0.2, -0.15) is 13.2 Å². The topological polar surface area (TPSA) is 71.2 Å². The Balaban J connectivity index is 2.70. The predicted octanol–water partition coefficient (Wildman–Crippen LogP) is 0.679. The van der Waals surface area contributed by atoms with E-state index in [0.29, 0.717) is 5.69 Å². The van der Waals surface area contributed by atoms with Crippen molar-refractivity contribution in [3.8, 4) is 0 Å². The number of hydrazine groups is 1. The molecular weight excluding hydrogens is 249 g/mol. The maximum absolute atomic E-state index is 12.1. The standard InChI is InChI=1S/C10H13F3N4O/c1-17(6-10(11,12)13)5-7-3-2-4-8(15-7)9(18)16-14/h2-4H,5-6,14H2,1H3,(H,16,18). The monoisotopic (exact) mass is 262 g/mol. The number of nitrogen functional groups attached to an aromatic ring is 1. The summed E-state index contributed by atoms with van der Waals surface area (Å²) in [5.41, 5.74) is 2.33. The number of halogens is 3. The van der Waals surface area contributed by atoms with Crippen LogP contribution in [-0.4, -0.2) is 35.6 Å². The van der Waals surface area contributed by atoms with E-state index in [4.69, 9.17) is 5.84 Å². The van der Waals surface area contributed by atoms with Gasteiger partial charge in [-0.15, -0.1) is 0 Å². The summed E-state index contributed by atoms with van der Waals surface area (Å²) >= 11 is 0. The summed E-state index contributed by atoms with van der Waals surface area (Å²) in [6, 6.07) is 4.50. The molecule has 0 unspecified atom stereocenters. The molecule has 3 N–H and O–H groups in total. The van der Waals surface area contributed by atoms with Crippen molar-refractivity contribution in [2.75, 3.05) is 13.6 Å². The van der Waals surface area contributed by atoms with Crippen LogP contribution in [0, 0.1) is 0 Å². The van der Waals surface area contributed by atoms with Crippen molar-refractivity contribution >= 4 is 5.91 Å². The number of nitrogens with zero attached hydrogens (tertiary/aromatic N) is 2. The Kier molecular flexibility index (Phi) is 4.62. The second-order valence-corrected chi connectivity index (χ2v) is 3.78. The summed E-state index contributed by atoms with van der Waals surface area (Å²) in [6.45, 7) is -1.05. The fraction of sp³-hybridized carbons (Fsp3) is 0.400. The summed E-state index contributed by atoms with van der Waals surface area (Å²) in [7, 11) is 1.32. The van der Waals surface area contributed by atoms with E-state index >= 15 is 0 Å². The van der Waals surface area contributed by atoms with Gasteiger partial charge in [-0.05, 0) is 19.2 Å². The van der Waals surface area contributed by atoms with Crippen LogP contribution in [0.3, 0.4) is 0 Å². The van der Waals surface area contributed by atoms with Crippen LogP contribution in [0.15, 0.2) is 18.2 Å². The number of hydrogen-bond acceptors (Lipinski definition) is 4. The molecule has 0 aliphatic rings. The van der Waals surface area contributed by atoms with Crippen LogP contribution in [-0.2, 0) is 6.54 Å². The SMILES string of the molecule is CN(Cc1cccc(C(=O)NN)n1)CC(F)(F)F. The molecule has 0 radical (unpaired) electrons. The van der Waals surface area contributed by atoms with Crippen molar-refractivity contribution < 1.29 is 18.0 Å². The molecule has 0 saturated carbocycles. The lowest BCUT2D eigenvalue weighted by molar-refractivity contribution is -0.144. The van der Waals surface area contributed by atoms with Crippen molar-refractivity contribution in [3.05, 3.63) is 29.6 Å². The third kappa shape index (κ3) is 4.68. The van der Waals surface area contributed by atoms with E-state index in [-0.39, 0.29) is 12.2 Å². The van der Waals surface area contributed by atoms with E-state index in [0.717, 1.165) is 4.90 Å². The highest BCUT2D eigenvalue weighted by atomic mass is 19.4. The lowest BCUT2D eigenvalue weighted by Crippen LogP contribution is -2.32. The van der Waals surface area contributed by atoms with Gasteiger partial charge in [0.15, 0.2) is 0 Å². The smallest absolute Gasteiger partial charge is 0.292 e. The minimum absolute atomic E-state index is 0.00873. The molecule has 0 aliphatic carbocycles. The van der Waals surface area contributed by atoms with Gasteiger partial charge >= 0.3 is 6.18 Å². The Morgan fingerprint density at radius 1 is 1.50 bits per heavy atom. The maximum Gasteiger partial charge on any atom is 0.401 e. The van der Waals surface area contributed by atoms with E-state index in [1.807, 2.05) is 5.43 Å². The average molecular weight is 262 g/mol. The number of nitrogens with two attached hydrogens (primary N) is 1. The van der Waals surface area contributed by atoms with Crippen molar-refractivity contribution in [1.82, 2.24) is 15.3 Å². The number of hydrogen-bond donors (Lipinski definition) is 2. The molecule has 1 aromatic rings. The first-order valence-corrected chi connectivity index (χ1v) is 5.04. The van der Waals surface area contributed by atoms with E-state index in [2.05, 4.69) is 4.98 Å². The molecule has 0 spiro atoms.